The number of rotatable bonds is 5. The highest BCUT2D eigenvalue weighted by Crippen LogP contribution is 2.19. The summed E-state index contributed by atoms with van der Waals surface area (Å²) in [4.78, 5) is 22.2. The number of carbonyl (C=O) groups excluding carboxylic acids is 2. The first-order valence-electron chi connectivity index (χ1n) is 4.85. The van der Waals surface area contributed by atoms with E-state index in [2.05, 4.69) is 9.47 Å². The molecule has 0 N–H and O–H groups in total. The summed E-state index contributed by atoms with van der Waals surface area (Å²) in [6, 6.07) is 0. The highest BCUT2D eigenvalue weighted by Gasteiger charge is 2.38. The fourth-order valence-corrected chi connectivity index (χ4v) is 0.892. The van der Waals surface area contributed by atoms with E-state index in [-0.39, 0.29) is 6.61 Å². The van der Waals surface area contributed by atoms with Gasteiger partial charge in [0.2, 0.25) is 5.67 Å². The Morgan fingerprint density at radius 1 is 1.40 bits per heavy atom. The van der Waals surface area contributed by atoms with Crippen LogP contribution in [-0.2, 0) is 19.1 Å². The third-order valence-electron chi connectivity index (χ3n) is 1.55. The molecular weight excluding hydrogens is 203 g/mol. The molecular formula is C10H17FO4. The molecule has 0 heterocycles. The summed E-state index contributed by atoms with van der Waals surface area (Å²) in [6.45, 7) is 6.00. The van der Waals surface area contributed by atoms with Crippen LogP contribution < -0.4 is 0 Å². The minimum Gasteiger partial charge on any atom is -0.466 e. The van der Waals surface area contributed by atoms with Crippen LogP contribution in [0.5, 0.6) is 0 Å². The molecule has 0 fully saturated rings. The Bertz CT molecular complexity index is 236. The van der Waals surface area contributed by atoms with Crippen LogP contribution in [-0.4, -0.2) is 30.3 Å². The summed E-state index contributed by atoms with van der Waals surface area (Å²) in [5, 5.41) is 0. The lowest BCUT2D eigenvalue weighted by atomic mass is 10.1. The highest BCUT2D eigenvalue weighted by atomic mass is 19.1. The third-order valence-corrected chi connectivity index (χ3v) is 1.55. The molecule has 1 atom stereocenters. The van der Waals surface area contributed by atoms with E-state index in [9.17, 15) is 14.0 Å². The largest absolute Gasteiger partial charge is 0.466 e. The molecule has 0 aliphatic rings. The van der Waals surface area contributed by atoms with Crippen LogP contribution in [0.2, 0.25) is 0 Å². The third kappa shape index (κ3) is 5.34. The zero-order chi connectivity index (χ0) is 12.1. The van der Waals surface area contributed by atoms with E-state index < -0.39 is 30.1 Å². The molecule has 0 bridgehead atoms. The van der Waals surface area contributed by atoms with E-state index in [4.69, 9.17) is 0 Å². The SMILES string of the molecule is CCOC(=O)C[C@@](C)(F)C(=O)OC(C)C. The number of esters is 2. The average molecular weight is 220 g/mol. The maximum Gasteiger partial charge on any atom is 0.344 e. The predicted octanol–water partition coefficient (Wildman–Crippen LogP) is 1.62. The van der Waals surface area contributed by atoms with Crippen LogP contribution in [0.1, 0.15) is 34.1 Å². The number of ether oxygens (including phenoxy) is 2. The van der Waals surface area contributed by atoms with Gasteiger partial charge in [0.1, 0.15) is 0 Å². The molecule has 0 aromatic carbocycles. The van der Waals surface area contributed by atoms with Gasteiger partial charge >= 0.3 is 11.9 Å². The quantitative estimate of drug-likeness (QED) is 0.660. The van der Waals surface area contributed by atoms with Crippen molar-refractivity contribution in [2.75, 3.05) is 6.61 Å². The lowest BCUT2D eigenvalue weighted by Gasteiger charge is -2.19. The van der Waals surface area contributed by atoms with Gasteiger partial charge in [-0.05, 0) is 27.7 Å². The van der Waals surface area contributed by atoms with Crippen molar-refractivity contribution in [3.05, 3.63) is 0 Å². The van der Waals surface area contributed by atoms with Crippen LogP contribution in [0.4, 0.5) is 4.39 Å². The number of hydrogen-bond acceptors (Lipinski definition) is 4. The van der Waals surface area contributed by atoms with Gasteiger partial charge in [-0.15, -0.1) is 0 Å². The van der Waals surface area contributed by atoms with Crippen molar-refractivity contribution in [3.8, 4) is 0 Å². The van der Waals surface area contributed by atoms with Crippen molar-refractivity contribution in [3.63, 3.8) is 0 Å². The Kier molecular flexibility index (Phi) is 5.25. The van der Waals surface area contributed by atoms with Crippen molar-refractivity contribution in [2.24, 2.45) is 0 Å². The lowest BCUT2D eigenvalue weighted by molar-refractivity contribution is -0.166. The molecule has 0 radical (unpaired) electrons. The highest BCUT2D eigenvalue weighted by molar-refractivity contribution is 5.85. The Labute approximate surface area is 88.7 Å². The minimum absolute atomic E-state index is 0.161. The summed E-state index contributed by atoms with van der Waals surface area (Å²) >= 11 is 0. The summed E-state index contributed by atoms with van der Waals surface area (Å²) in [6.07, 6.45) is -1.03. The topological polar surface area (TPSA) is 52.6 Å². The Balaban J connectivity index is 4.27. The summed E-state index contributed by atoms with van der Waals surface area (Å²) in [5.41, 5.74) is -2.32. The van der Waals surface area contributed by atoms with Gasteiger partial charge in [-0.25, -0.2) is 9.18 Å². The molecule has 0 saturated carbocycles. The fourth-order valence-electron chi connectivity index (χ4n) is 0.892. The molecule has 0 aliphatic heterocycles. The molecule has 0 aromatic rings. The number of hydrogen-bond donors (Lipinski definition) is 0. The second-order valence-electron chi connectivity index (χ2n) is 3.63. The molecule has 0 aliphatic carbocycles. The Morgan fingerprint density at radius 2 is 1.93 bits per heavy atom. The van der Waals surface area contributed by atoms with E-state index in [0.717, 1.165) is 6.92 Å². The fraction of sp³-hybridized carbons (Fsp3) is 0.800. The molecule has 4 nitrogen and oxygen atoms in total. The molecule has 0 aromatic heterocycles. The van der Waals surface area contributed by atoms with E-state index in [1.54, 1.807) is 20.8 Å². The van der Waals surface area contributed by atoms with Crippen molar-refractivity contribution in [1.29, 1.82) is 0 Å². The molecule has 5 heteroatoms. The monoisotopic (exact) mass is 220 g/mol. The van der Waals surface area contributed by atoms with Gasteiger partial charge < -0.3 is 9.47 Å². The smallest absolute Gasteiger partial charge is 0.344 e. The number of alkyl halides is 1. The van der Waals surface area contributed by atoms with Crippen LogP contribution in [0.15, 0.2) is 0 Å². The molecule has 15 heavy (non-hydrogen) atoms. The molecule has 0 rings (SSSR count). The Hall–Kier alpha value is -1.13. The summed E-state index contributed by atoms with van der Waals surface area (Å²) in [5.74, 6) is -1.78. The van der Waals surface area contributed by atoms with Gasteiger partial charge in [-0.1, -0.05) is 0 Å². The maximum absolute atomic E-state index is 13.6. The molecule has 0 spiro atoms. The van der Waals surface area contributed by atoms with Gasteiger partial charge in [0, 0.05) is 0 Å². The van der Waals surface area contributed by atoms with E-state index >= 15 is 0 Å². The van der Waals surface area contributed by atoms with Crippen molar-refractivity contribution in [1.82, 2.24) is 0 Å². The van der Waals surface area contributed by atoms with Gasteiger partial charge in [-0.3, -0.25) is 4.79 Å². The summed E-state index contributed by atoms with van der Waals surface area (Å²) in [7, 11) is 0. The second kappa shape index (κ2) is 5.68. The van der Waals surface area contributed by atoms with Crippen LogP contribution in [0, 0.1) is 0 Å². The standard InChI is InChI=1S/C10H17FO4/c1-5-14-8(12)6-10(4,11)9(13)15-7(2)3/h7H,5-6H2,1-4H3/t10-/m1/s1. The molecule has 88 valence electrons. The zero-order valence-electron chi connectivity index (χ0n) is 9.50. The first-order valence-corrected chi connectivity index (χ1v) is 4.85. The Morgan fingerprint density at radius 3 is 2.33 bits per heavy atom. The lowest BCUT2D eigenvalue weighted by Crippen LogP contribution is -2.36. The van der Waals surface area contributed by atoms with E-state index in [1.807, 2.05) is 0 Å². The van der Waals surface area contributed by atoms with Crippen LogP contribution >= 0.6 is 0 Å². The van der Waals surface area contributed by atoms with Gasteiger partial charge in [-0.2, -0.15) is 0 Å². The van der Waals surface area contributed by atoms with Gasteiger partial charge in [0.05, 0.1) is 19.1 Å². The van der Waals surface area contributed by atoms with E-state index in [1.165, 1.54) is 0 Å². The number of carbonyl (C=O) groups is 2. The average Bonchev–Trinajstić information content (AvgIpc) is 2.01. The number of halogens is 1. The molecule has 0 amide bonds. The first-order chi connectivity index (χ1) is 6.79. The summed E-state index contributed by atoms with van der Waals surface area (Å²) < 4.78 is 22.9. The minimum atomic E-state index is -2.32. The predicted molar refractivity (Wildman–Crippen MR) is 52.0 cm³/mol. The van der Waals surface area contributed by atoms with Crippen molar-refractivity contribution in [2.45, 2.75) is 45.9 Å². The maximum atomic E-state index is 13.6. The molecule has 0 unspecified atom stereocenters. The molecule has 0 saturated heterocycles. The van der Waals surface area contributed by atoms with Crippen LogP contribution in [0.3, 0.4) is 0 Å². The van der Waals surface area contributed by atoms with Crippen molar-refractivity contribution >= 4 is 11.9 Å². The van der Waals surface area contributed by atoms with Crippen molar-refractivity contribution < 1.29 is 23.5 Å². The van der Waals surface area contributed by atoms with E-state index in [0.29, 0.717) is 0 Å². The normalized spacial score (nSPS) is 14.5. The van der Waals surface area contributed by atoms with Crippen LogP contribution in [0.25, 0.3) is 0 Å². The van der Waals surface area contributed by atoms with Gasteiger partial charge in [0.25, 0.3) is 0 Å². The second-order valence-corrected chi connectivity index (χ2v) is 3.63. The zero-order valence-corrected chi connectivity index (χ0v) is 9.50. The van der Waals surface area contributed by atoms with Gasteiger partial charge in [0.15, 0.2) is 0 Å². The first kappa shape index (κ1) is 13.9.